The van der Waals surface area contributed by atoms with Crippen molar-refractivity contribution in [1.82, 2.24) is 4.90 Å². The molecule has 1 atom stereocenters. The van der Waals surface area contributed by atoms with Crippen molar-refractivity contribution in [3.63, 3.8) is 0 Å². The number of halogens is 1. The van der Waals surface area contributed by atoms with Crippen LogP contribution in [0.3, 0.4) is 0 Å². The molecule has 0 aromatic heterocycles. The number of hydrogen-bond acceptors (Lipinski definition) is 2. The molecule has 0 spiro atoms. The molecule has 2 rings (SSSR count). The molecule has 0 bridgehead atoms. The molecule has 0 heterocycles. The molecule has 0 aliphatic heterocycles. The molecule has 1 aromatic rings. The fourth-order valence-electron chi connectivity index (χ4n) is 1.85. The summed E-state index contributed by atoms with van der Waals surface area (Å²) in [7, 11) is 0. The van der Waals surface area contributed by atoms with E-state index >= 15 is 0 Å². The molecule has 1 aliphatic carbocycles. The highest BCUT2D eigenvalue weighted by Crippen LogP contribution is 2.33. The second kappa shape index (κ2) is 4.75. The number of amides is 1. The van der Waals surface area contributed by atoms with Gasteiger partial charge < -0.3 is 10.0 Å². The van der Waals surface area contributed by atoms with E-state index in [1.54, 1.807) is 24.3 Å². The summed E-state index contributed by atoms with van der Waals surface area (Å²) in [6, 6.07) is 5.71. The molecule has 0 radical (unpaired) electrons. The smallest absolute Gasteiger partial charge is 0.331 e. The first-order valence-electron chi connectivity index (χ1n) is 5.34. The Bertz CT molecular complexity index is 445. The standard InChI is InChI=1S/C12H12ClNO3/c13-9-3-1-2-8(6-9)11(12(16)17)14(7-15)10-4-5-10/h1-3,6-7,10-11H,4-5H2,(H,16,17). The Morgan fingerprint density at radius 1 is 1.53 bits per heavy atom. The average molecular weight is 254 g/mol. The highest BCUT2D eigenvalue weighted by molar-refractivity contribution is 6.30. The van der Waals surface area contributed by atoms with E-state index in [4.69, 9.17) is 11.6 Å². The minimum atomic E-state index is -1.04. The largest absolute Gasteiger partial charge is 0.479 e. The Labute approximate surface area is 104 Å². The van der Waals surface area contributed by atoms with Crippen LogP contribution in [0.4, 0.5) is 0 Å². The molecule has 1 N–H and O–H groups in total. The zero-order valence-corrected chi connectivity index (χ0v) is 9.80. The van der Waals surface area contributed by atoms with E-state index in [0.29, 0.717) is 17.0 Å². The van der Waals surface area contributed by atoms with Gasteiger partial charge in [0.05, 0.1) is 0 Å². The van der Waals surface area contributed by atoms with Gasteiger partial charge in [0.2, 0.25) is 6.41 Å². The molecule has 1 saturated carbocycles. The molecular weight excluding hydrogens is 242 g/mol. The van der Waals surface area contributed by atoms with Crippen LogP contribution in [0, 0.1) is 0 Å². The average Bonchev–Trinajstić information content (AvgIpc) is 3.08. The summed E-state index contributed by atoms with van der Waals surface area (Å²) < 4.78 is 0. The van der Waals surface area contributed by atoms with Gasteiger partial charge in [0, 0.05) is 11.1 Å². The Kier molecular flexibility index (Phi) is 3.33. The van der Waals surface area contributed by atoms with Crippen molar-refractivity contribution in [2.75, 3.05) is 0 Å². The molecule has 1 amide bonds. The van der Waals surface area contributed by atoms with Crippen LogP contribution in [0.1, 0.15) is 24.4 Å². The molecule has 1 unspecified atom stereocenters. The minimum absolute atomic E-state index is 0.0487. The van der Waals surface area contributed by atoms with Crippen LogP contribution in [-0.2, 0) is 9.59 Å². The van der Waals surface area contributed by atoms with Crippen molar-refractivity contribution in [3.8, 4) is 0 Å². The van der Waals surface area contributed by atoms with Crippen molar-refractivity contribution < 1.29 is 14.7 Å². The number of aliphatic carboxylic acids is 1. The Hall–Kier alpha value is -1.55. The molecule has 1 aromatic carbocycles. The number of nitrogens with zero attached hydrogens (tertiary/aromatic N) is 1. The lowest BCUT2D eigenvalue weighted by Crippen LogP contribution is -2.34. The fraction of sp³-hybridized carbons (Fsp3) is 0.333. The predicted octanol–water partition coefficient (Wildman–Crippen LogP) is 2.09. The molecule has 0 saturated heterocycles. The summed E-state index contributed by atoms with van der Waals surface area (Å²) >= 11 is 5.84. The maximum atomic E-state index is 11.3. The Morgan fingerprint density at radius 2 is 2.24 bits per heavy atom. The van der Waals surface area contributed by atoms with Gasteiger partial charge in [-0.25, -0.2) is 4.79 Å². The van der Waals surface area contributed by atoms with Gasteiger partial charge >= 0.3 is 5.97 Å². The van der Waals surface area contributed by atoms with E-state index in [2.05, 4.69) is 0 Å². The lowest BCUT2D eigenvalue weighted by molar-refractivity contribution is -0.147. The van der Waals surface area contributed by atoms with Crippen molar-refractivity contribution in [2.24, 2.45) is 0 Å². The summed E-state index contributed by atoms with van der Waals surface area (Å²) in [5.74, 6) is -1.04. The van der Waals surface area contributed by atoms with Crippen LogP contribution in [0.5, 0.6) is 0 Å². The zero-order chi connectivity index (χ0) is 12.4. The van der Waals surface area contributed by atoms with Gasteiger partial charge in [-0.2, -0.15) is 0 Å². The molecule has 5 heteroatoms. The van der Waals surface area contributed by atoms with Crippen LogP contribution in [-0.4, -0.2) is 28.4 Å². The quantitative estimate of drug-likeness (QED) is 0.818. The van der Waals surface area contributed by atoms with Crippen LogP contribution in [0.15, 0.2) is 24.3 Å². The number of hydrogen-bond donors (Lipinski definition) is 1. The number of rotatable bonds is 5. The van der Waals surface area contributed by atoms with Crippen LogP contribution in [0.2, 0.25) is 5.02 Å². The first-order chi connectivity index (χ1) is 8.13. The van der Waals surface area contributed by atoms with E-state index < -0.39 is 12.0 Å². The second-order valence-corrected chi connectivity index (χ2v) is 4.52. The number of carboxylic acids is 1. The van der Waals surface area contributed by atoms with Gasteiger partial charge in [-0.1, -0.05) is 23.7 Å². The lowest BCUT2D eigenvalue weighted by Gasteiger charge is -2.25. The number of carbonyl (C=O) groups excluding carboxylic acids is 1. The maximum Gasteiger partial charge on any atom is 0.331 e. The van der Waals surface area contributed by atoms with Gasteiger partial charge in [0.1, 0.15) is 0 Å². The van der Waals surface area contributed by atoms with Gasteiger partial charge in [0.25, 0.3) is 0 Å². The van der Waals surface area contributed by atoms with Crippen LogP contribution in [0.25, 0.3) is 0 Å². The molecule has 17 heavy (non-hydrogen) atoms. The highest BCUT2D eigenvalue weighted by atomic mass is 35.5. The lowest BCUT2D eigenvalue weighted by atomic mass is 10.1. The first-order valence-corrected chi connectivity index (χ1v) is 5.72. The Balaban J connectivity index is 2.33. The van der Waals surface area contributed by atoms with Crippen molar-refractivity contribution in [1.29, 1.82) is 0 Å². The molecular formula is C12H12ClNO3. The summed E-state index contributed by atoms with van der Waals surface area (Å²) in [5, 5.41) is 9.72. The normalized spacial score (nSPS) is 16.3. The third-order valence-corrected chi connectivity index (χ3v) is 3.02. The van der Waals surface area contributed by atoms with Crippen LogP contribution < -0.4 is 0 Å². The van der Waals surface area contributed by atoms with Gasteiger partial charge in [-0.3, -0.25) is 4.79 Å². The monoisotopic (exact) mass is 253 g/mol. The van der Waals surface area contributed by atoms with Crippen molar-refractivity contribution in [3.05, 3.63) is 34.9 Å². The zero-order valence-electron chi connectivity index (χ0n) is 9.04. The summed E-state index contributed by atoms with van der Waals surface area (Å²) in [6.07, 6.45) is 2.34. The SMILES string of the molecule is O=CN(C1CC1)C(C(=O)O)c1cccc(Cl)c1. The molecule has 1 fully saturated rings. The minimum Gasteiger partial charge on any atom is -0.479 e. The topological polar surface area (TPSA) is 57.6 Å². The maximum absolute atomic E-state index is 11.3. The van der Waals surface area contributed by atoms with E-state index in [9.17, 15) is 14.7 Å². The third-order valence-electron chi connectivity index (χ3n) is 2.79. The van der Waals surface area contributed by atoms with Crippen LogP contribution >= 0.6 is 11.6 Å². The Morgan fingerprint density at radius 3 is 2.71 bits per heavy atom. The highest BCUT2D eigenvalue weighted by Gasteiger charge is 2.37. The molecule has 90 valence electrons. The third kappa shape index (κ3) is 2.58. The van der Waals surface area contributed by atoms with Gasteiger partial charge in [0.15, 0.2) is 6.04 Å². The van der Waals surface area contributed by atoms with Crippen molar-refractivity contribution in [2.45, 2.75) is 24.9 Å². The van der Waals surface area contributed by atoms with E-state index in [1.807, 2.05) is 0 Å². The molecule has 4 nitrogen and oxygen atoms in total. The van der Waals surface area contributed by atoms with Crippen molar-refractivity contribution >= 4 is 24.0 Å². The summed E-state index contributed by atoms with van der Waals surface area (Å²) in [6.45, 7) is 0. The van der Waals surface area contributed by atoms with E-state index in [-0.39, 0.29) is 6.04 Å². The van der Waals surface area contributed by atoms with Gasteiger partial charge in [-0.15, -0.1) is 0 Å². The first kappa shape index (κ1) is 11.9. The predicted molar refractivity (Wildman–Crippen MR) is 62.8 cm³/mol. The van der Waals surface area contributed by atoms with E-state index in [1.165, 1.54) is 4.90 Å². The summed E-state index contributed by atoms with van der Waals surface area (Å²) in [4.78, 5) is 23.7. The summed E-state index contributed by atoms with van der Waals surface area (Å²) in [5.41, 5.74) is 0.531. The number of carboxylic acid groups (broad SMARTS) is 1. The fourth-order valence-corrected chi connectivity index (χ4v) is 2.05. The second-order valence-electron chi connectivity index (χ2n) is 4.08. The van der Waals surface area contributed by atoms with Gasteiger partial charge in [-0.05, 0) is 30.5 Å². The number of carbonyl (C=O) groups is 2. The van der Waals surface area contributed by atoms with E-state index in [0.717, 1.165) is 12.8 Å². The molecule has 1 aliphatic rings. The number of benzene rings is 1.